The van der Waals surface area contributed by atoms with Gasteiger partial charge in [-0.1, -0.05) is 0 Å². The van der Waals surface area contributed by atoms with Crippen LogP contribution >= 0.6 is 12.4 Å². The molecule has 1 atom stereocenters. The standard InChI is InChI=1S/C7H15NO2.ClH/c1-8-3-2-7-6-9-4-5-10-7;/h7-8H,2-6H2,1H3;1H. The molecule has 3 nitrogen and oxygen atoms in total. The summed E-state index contributed by atoms with van der Waals surface area (Å²) in [6, 6.07) is 0. The van der Waals surface area contributed by atoms with Crippen LogP contribution in [-0.2, 0) is 9.47 Å². The molecule has 11 heavy (non-hydrogen) atoms. The van der Waals surface area contributed by atoms with Gasteiger partial charge in [-0.3, -0.25) is 0 Å². The lowest BCUT2D eigenvalue weighted by molar-refractivity contribution is -0.0900. The van der Waals surface area contributed by atoms with E-state index in [2.05, 4.69) is 5.32 Å². The van der Waals surface area contributed by atoms with Crippen LogP contribution in [0.2, 0.25) is 0 Å². The maximum absolute atomic E-state index is 5.42. The summed E-state index contributed by atoms with van der Waals surface area (Å²) in [7, 11) is 1.95. The average Bonchev–Trinajstić information content (AvgIpc) is 2.03. The fourth-order valence-electron chi connectivity index (χ4n) is 1.01. The second kappa shape index (κ2) is 6.85. The molecule has 0 radical (unpaired) electrons. The van der Waals surface area contributed by atoms with Crippen LogP contribution in [0.15, 0.2) is 0 Å². The lowest BCUT2D eigenvalue weighted by Gasteiger charge is -2.22. The van der Waals surface area contributed by atoms with E-state index >= 15 is 0 Å². The van der Waals surface area contributed by atoms with Gasteiger partial charge in [0, 0.05) is 0 Å². The topological polar surface area (TPSA) is 30.5 Å². The molecule has 0 spiro atoms. The van der Waals surface area contributed by atoms with Crippen LogP contribution < -0.4 is 5.32 Å². The molecule has 0 aliphatic carbocycles. The summed E-state index contributed by atoms with van der Waals surface area (Å²) >= 11 is 0. The van der Waals surface area contributed by atoms with Gasteiger partial charge in [-0.05, 0) is 20.0 Å². The molecule has 68 valence electrons. The first-order valence-electron chi connectivity index (χ1n) is 3.77. The second-order valence-corrected chi connectivity index (χ2v) is 2.46. The molecule has 1 rings (SSSR count). The van der Waals surface area contributed by atoms with Crippen LogP contribution in [0.1, 0.15) is 6.42 Å². The monoisotopic (exact) mass is 181 g/mol. The Morgan fingerprint density at radius 2 is 2.27 bits per heavy atom. The molecule has 1 aliphatic heterocycles. The largest absolute Gasteiger partial charge is 0.376 e. The summed E-state index contributed by atoms with van der Waals surface area (Å²) in [5, 5.41) is 3.08. The molecule has 0 amide bonds. The zero-order valence-corrected chi connectivity index (χ0v) is 7.65. The van der Waals surface area contributed by atoms with Gasteiger partial charge in [0.05, 0.1) is 25.9 Å². The first-order chi connectivity index (χ1) is 4.93. The Morgan fingerprint density at radius 3 is 2.82 bits per heavy atom. The number of halogens is 1. The van der Waals surface area contributed by atoms with Gasteiger partial charge < -0.3 is 14.8 Å². The van der Waals surface area contributed by atoms with E-state index in [0.717, 1.165) is 32.8 Å². The number of rotatable bonds is 3. The maximum Gasteiger partial charge on any atom is 0.0821 e. The third kappa shape index (κ3) is 4.58. The Kier molecular flexibility index (Phi) is 6.96. The van der Waals surface area contributed by atoms with Crippen molar-refractivity contribution in [3.8, 4) is 0 Å². The zero-order chi connectivity index (χ0) is 7.23. The predicted octanol–water partition coefficient (Wildman–Crippen LogP) is 0.433. The summed E-state index contributed by atoms with van der Waals surface area (Å²) in [6.45, 7) is 3.29. The average molecular weight is 182 g/mol. The Hall–Kier alpha value is 0.170. The third-order valence-corrected chi connectivity index (χ3v) is 1.60. The zero-order valence-electron chi connectivity index (χ0n) is 6.84. The van der Waals surface area contributed by atoms with Crippen LogP contribution in [0.3, 0.4) is 0 Å². The molecule has 0 saturated carbocycles. The number of nitrogens with one attached hydrogen (secondary N) is 1. The molecule has 0 bridgehead atoms. The highest BCUT2D eigenvalue weighted by atomic mass is 35.5. The molecule has 1 heterocycles. The fourth-order valence-corrected chi connectivity index (χ4v) is 1.01. The molecule has 1 fully saturated rings. The lowest BCUT2D eigenvalue weighted by Crippen LogP contribution is -2.30. The predicted molar refractivity (Wildman–Crippen MR) is 46.4 cm³/mol. The molecule has 1 aliphatic rings. The fraction of sp³-hybridized carbons (Fsp3) is 1.00. The van der Waals surface area contributed by atoms with Crippen molar-refractivity contribution in [3.05, 3.63) is 0 Å². The summed E-state index contributed by atoms with van der Waals surface area (Å²) in [4.78, 5) is 0. The lowest BCUT2D eigenvalue weighted by atomic mass is 10.2. The Balaban J connectivity index is 0.000001000. The highest BCUT2D eigenvalue weighted by molar-refractivity contribution is 5.85. The summed E-state index contributed by atoms with van der Waals surface area (Å²) in [5.41, 5.74) is 0. The van der Waals surface area contributed by atoms with E-state index in [1.54, 1.807) is 0 Å². The molecule has 0 aromatic carbocycles. The van der Waals surface area contributed by atoms with Crippen molar-refractivity contribution in [3.63, 3.8) is 0 Å². The van der Waals surface area contributed by atoms with E-state index in [4.69, 9.17) is 9.47 Å². The van der Waals surface area contributed by atoms with E-state index in [0.29, 0.717) is 6.10 Å². The summed E-state index contributed by atoms with van der Waals surface area (Å²) < 4.78 is 10.6. The van der Waals surface area contributed by atoms with Crippen LogP contribution in [0.4, 0.5) is 0 Å². The SMILES string of the molecule is CNCCC1COCCO1.Cl. The van der Waals surface area contributed by atoms with Gasteiger partial charge in [-0.2, -0.15) is 0 Å². The Bertz CT molecular complexity index is 86.5. The van der Waals surface area contributed by atoms with Crippen molar-refractivity contribution >= 4 is 12.4 Å². The van der Waals surface area contributed by atoms with Crippen molar-refractivity contribution in [1.82, 2.24) is 5.32 Å². The minimum absolute atomic E-state index is 0. The second-order valence-electron chi connectivity index (χ2n) is 2.46. The Morgan fingerprint density at radius 1 is 1.45 bits per heavy atom. The Labute approximate surface area is 73.9 Å². The number of hydrogen-bond donors (Lipinski definition) is 1. The summed E-state index contributed by atoms with van der Waals surface area (Å²) in [6.07, 6.45) is 1.37. The van der Waals surface area contributed by atoms with Crippen LogP contribution in [-0.4, -0.2) is 39.5 Å². The van der Waals surface area contributed by atoms with Gasteiger partial charge in [0.2, 0.25) is 0 Å². The van der Waals surface area contributed by atoms with Gasteiger partial charge >= 0.3 is 0 Å². The van der Waals surface area contributed by atoms with Gasteiger partial charge in [-0.25, -0.2) is 0 Å². The maximum atomic E-state index is 5.42. The van der Waals surface area contributed by atoms with Gasteiger partial charge in [-0.15, -0.1) is 12.4 Å². The first-order valence-corrected chi connectivity index (χ1v) is 3.77. The summed E-state index contributed by atoms with van der Waals surface area (Å²) in [5.74, 6) is 0. The highest BCUT2D eigenvalue weighted by Crippen LogP contribution is 2.03. The van der Waals surface area contributed by atoms with E-state index in [1.807, 2.05) is 7.05 Å². The van der Waals surface area contributed by atoms with Crippen LogP contribution in [0, 0.1) is 0 Å². The van der Waals surface area contributed by atoms with Crippen LogP contribution in [0.25, 0.3) is 0 Å². The molecule has 4 heteroatoms. The number of hydrogen-bond acceptors (Lipinski definition) is 3. The number of ether oxygens (including phenoxy) is 2. The molecular formula is C7H16ClNO2. The smallest absolute Gasteiger partial charge is 0.0821 e. The van der Waals surface area contributed by atoms with Gasteiger partial charge in [0.25, 0.3) is 0 Å². The minimum atomic E-state index is 0. The molecule has 1 unspecified atom stereocenters. The van der Waals surface area contributed by atoms with E-state index < -0.39 is 0 Å². The van der Waals surface area contributed by atoms with Crippen molar-refractivity contribution in [2.75, 3.05) is 33.4 Å². The third-order valence-electron chi connectivity index (χ3n) is 1.60. The first kappa shape index (κ1) is 11.2. The molecule has 0 aromatic rings. The van der Waals surface area contributed by atoms with E-state index in [9.17, 15) is 0 Å². The molecular weight excluding hydrogens is 166 g/mol. The van der Waals surface area contributed by atoms with Crippen molar-refractivity contribution in [1.29, 1.82) is 0 Å². The minimum Gasteiger partial charge on any atom is -0.376 e. The molecule has 1 saturated heterocycles. The normalized spacial score (nSPS) is 24.3. The van der Waals surface area contributed by atoms with Crippen molar-refractivity contribution in [2.24, 2.45) is 0 Å². The molecule has 0 aromatic heterocycles. The van der Waals surface area contributed by atoms with Crippen molar-refractivity contribution < 1.29 is 9.47 Å². The highest BCUT2D eigenvalue weighted by Gasteiger charge is 2.12. The van der Waals surface area contributed by atoms with Crippen molar-refractivity contribution in [2.45, 2.75) is 12.5 Å². The van der Waals surface area contributed by atoms with E-state index in [-0.39, 0.29) is 12.4 Å². The van der Waals surface area contributed by atoms with E-state index in [1.165, 1.54) is 0 Å². The van der Waals surface area contributed by atoms with Gasteiger partial charge in [0.1, 0.15) is 0 Å². The molecule has 1 N–H and O–H groups in total. The van der Waals surface area contributed by atoms with Crippen LogP contribution in [0.5, 0.6) is 0 Å². The quantitative estimate of drug-likeness (QED) is 0.685. The van der Waals surface area contributed by atoms with Gasteiger partial charge in [0.15, 0.2) is 0 Å².